The van der Waals surface area contributed by atoms with E-state index in [0.717, 1.165) is 11.3 Å². The molecule has 0 saturated heterocycles. The van der Waals surface area contributed by atoms with Crippen molar-refractivity contribution in [3.8, 4) is 23.0 Å². The van der Waals surface area contributed by atoms with Crippen LogP contribution in [0.4, 0.5) is 0 Å². The van der Waals surface area contributed by atoms with Crippen LogP contribution >= 0.6 is 0 Å². The normalized spacial score (nSPS) is 10.4. The fourth-order valence-corrected chi connectivity index (χ4v) is 2.14. The summed E-state index contributed by atoms with van der Waals surface area (Å²) in [7, 11) is 1.61. The van der Waals surface area contributed by atoms with E-state index in [0.29, 0.717) is 22.9 Å². The van der Waals surface area contributed by atoms with Crippen molar-refractivity contribution in [2.24, 2.45) is 5.73 Å². The van der Waals surface area contributed by atoms with Gasteiger partial charge in [-0.15, -0.1) is 0 Å². The Bertz CT molecular complexity index is 840. The highest BCUT2D eigenvalue weighted by Gasteiger charge is 2.08. The van der Waals surface area contributed by atoms with E-state index in [-0.39, 0.29) is 6.61 Å². The summed E-state index contributed by atoms with van der Waals surface area (Å²) in [5.74, 6) is 1.31. The van der Waals surface area contributed by atoms with E-state index in [9.17, 15) is 4.79 Å². The van der Waals surface area contributed by atoms with Crippen LogP contribution in [-0.2, 0) is 6.61 Å². The van der Waals surface area contributed by atoms with E-state index >= 15 is 0 Å². The highest BCUT2D eigenvalue weighted by Crippen LogP contribution is 2.22. The molecule has 1 aromatic heterocycles. The molecule has 6 heteroatoms. The van der Waals surface area contributed by atoms with Crippen LogP contribution in [0, 0.1) is 0 Å². The lowest BCUT2D eigenvalue weighted by Gasteiger charge is -2.04. The Hall–Kier alpha value is -3.28. The summed E-state index contributed by atoms with van der Waals surface area (Å²) in [6, 6.07) is 14.1. The van der Waals surface area contributed by atoms with Gasteiger partial charge in [0.15, 0.2) is 0 Å². The van der Waals surface area contributed by atoms with Gasteiger partial charge in [-0.2, -0.15) is 0 Å². The first-order valence-electron chi connectivity index (χ1n) is 7.27. The molecule has 2 N–H and O–H groups in total. The number of oxazole rings is 1. The van der Waals surface area contributed by atoms with Gasteiger partial charge in [0.2, 0.25) is 11.8 Å². The summed E-state index contributed by atoms with van der Waals surface area (Å²) in [6.45, 7) is 0.224. The van der Waals surface area contributed by atoms with E-state index in [2.05, 4.69) is 4.98 Å². The van der Waals surface area contributed by atoms with Gasteiger partial charge in [-0.3, -0.25) is 4.79 Å². The third-order valence-electron chi connectivity index (χ3n) is 3.39. The van der Waals surface area contributed by atoms with E-state index in [4.69, 9.17) is 19.6 Å². The first-order valence-corrected chi connectivity index (χ1v) is 7.27. The van der Waals surface area contributed by atoms with Gasteiger partial charge in [0.25, 0.3) is 0 Å². The maximum Gasteiger partial charge on any atom is 0.248 e. The van der Waals surface area contributed by atoms with Crippen molar-refractivity contribution in [1.82, 2.24) is 4.98 Å². The van der Waals surface area contributed by atoms with Gasteiger partial charge < -0.3 is 19.6 Å². The predicted octanol–water partition coefficient (Wildman–Crippen LogP) is 3.03. The molecule has 0 saturated carbocycles. The zero-order valence-corrected chi connectivity index (χ0v) is 13.1. The van der Waals surface area contributed by atoms with Crippen LogP contribution in [0.25, 0.3) is 11.5 Å². The second kappa shape index (κ2) is 6.87. The predicted molar refractivity (Wildman–Crippen MR) is 87.8 cm³/mol. The van der Waals surface area contributed by atoms with Crippen LogP contribution in [0.1, 0.15) is 16.1 Å². The summed E-state index contributed by atoms with van der Waals surface area (Å²) in [6.07, 6.45) is 1.54. The van der Waals surface area contributed by atoms with Crippen LogP contribution in [0.5, 0.6) is 11.5 Å². The number of primary amides is 1. The number of methoxy groups -OCH3 is 1. The third-order valence-corrected chi connectivity index (χ3v) is 3.39. The highest BCUT2D eigenvalue weighted by atomic mass is 16.5. The average molecular weight is 324 g/mol. The number of amides is 1. The molecule has 3 aromatic rings. The van der Waals surface area contributed by atoms with Crippen molar-refractivity contribution in [3.05, 3.63) is 66.1 Å². The van der Waals surface area contributed by atoms with Crippen LogP contribution < -0.4 is 15.2 Å². The second-order valence-corrected chi connectivity index (χ2v) is 5.05. The molecule has 0 radical (unpaired) electrons. The topological polar surface area (TPSA) is 87.6 Å². The first kappa shape index (κ1) is 15.6. The maximum absolute atomic E-state index is 11.2. The molecule has 0 spiro atoms. The molecular weight excluding hydrogens is 308 g/mol. The number of nitrogens with two attached hydrogens (primary N) is 1. The monoisotopic (exact) mass is 324 g/mol. The molecule has 0 unspecified atom stereocenters. The number of hydrogen-bond donors (Lipinski definition) is 1. The Morgan fingerprint density at radius 1 is 1.17 bits per heavy atom. The number of nitrogens with zero attached hydrogens (tertiary/aromatic N) is 1. The summed E-state index contributed by atoms with van der Waals surface area (Å²) in [4.78, 5) is 15.5. The number of ether oxygens (including phenoxy) is 2. The Morgan fingerprint density at radius 3 is 2.67 bits per heavy atom. The molecular formula is C18H16N2O4. The largest absolute Gasteiger partial charge is 0.497 e. The van der Waals surface area contributed by atoms with Crippen molar-refractivity contribution in [1.29, 1.82) is 0 Å². The first-order chi connectivity index (χ1) is 11.7. The van der Waals surface area contributed by atoms with Crippen molar-refractivity contribution >= 4 is 5.91 Å². The molecule has 2 aromatic carbocycles. The fraction of sp³-hybridized carbons (Fsp3) is 0.111. The van der Waals surface area contributed by atoms with Gasteiger partial charge in [0.1, 0.15) is 30.1 Å². The molecule has 1 amide bonds. The molecule has 0 aliphatic heterocycles. The summed E-state index contributed by atoms with van der Waals surface area (Å²) < 4.78 is 16.2. The van der Waals surface area contributed by atoms with Crippen LogP contribution in [-0.4, -0.2) is 18.0 Å². The van der Waals surface area contributed by atoms with Gasteiger partial charge in [0, 0.05) is 11.1 Å². The van der Waals surface area contributed by atoms with Gasteiger partial charge in [-0.25, -0.2) is 4.98 Å². The molecule has 0 fully saturated rings. The smallest absolute Gasteiger partial charge is 0.248 e. The van der Waals surface area contributed by atoms with Gasteiger partial charge in [0.05, 0.1) is 7.11 Å². The Labute approximate surface area is 138 Å². The Balaban J connectivity index is 1.67. The van der Waals surface area contributed by atoms with Crippen molar-refractivity contribution < 1.29 is 18.7 Å². The minimum Gasteiger partial charge on any atom is -0.497 e. The molecule has 1 heterocycles. The van der Waals surface area contributed by atoms with E-state index in [1.807, 2.05) is 24.3 Å². The zero-order valence-electron chi connectivity index (χ0n) is 13.1. The van der Waals surface area contributed by atoms with E-state index in [1.54, 1.807) is 31.4 Å². The van der Waals surface area contributed by atoms with Crippen molar-refractivity contribution in [2.45, 2.75) is 6.61 Å². The quantitative estimate of drug-likeness (QED) is 0.753. The highest BCUT2D eigenvalue weighted by molar-refractivity contribution is 5.93. The van der Waals surface area contributed by atoms with Crippen LogP contribution in [0.15, 0.2) is 59.2 Å². The number of aromatic nitrogens is 1. The Morgan fingerprint density at radius 2 is 1.96 bits per heavy atom. The minimum absolute atomic E-state index is 0.224. The van der Waals surface area contributed by atoms with Gasteiger partial charge >= 0.3 is 0 Å². The minimum atomic E-state index is -0.497. The number of carbonyl (C=O) groups is 1. The van der Waals surface area contributed by atoms with Crippen molar-refractivity contribution in [3.63, 3.8) is 0 Å². The fourth-order valence-electron chi connectivity index (χ4n) is 2.14. The van der Waals surface area contributed by atoms with E-state index in [1.165, 1.54) is 6.26 Å². The molecule has 6 nitrogen and oxygen atoms in total. The zero-order chi connectivity index (χ0) is 16.9. The van der Waals surface area contributed by atoms with Crippen molar-refractivity contribution in [2.75, 3.05) is 7.11 Å². The molecule has 0 bridgehead atoms. The summed E-state index contributed by atoms with van der Waals surface area (Å²) in [5.41, 5.74) is 7.13. The van der Waals surface area contributed by atoms with E-state index < -0.39 is 5.91 Å². The standard InChI is InChI=1S/C18H16N2O4/c1-22-15-7-5-12(6-8-15)18-20-14(11-24-18)10-23-16-4-2-3-13(9-16)17(19)21/h2-9,11H,10H2,1H3,(H2,19,21). The molecule has 0 aliphatic rings. The van der Waals surface area contributed by atoms with Crippen LogP contribution in [0.2, 0.25) is 0 Å². The molecule has 0 atom stereocenters. The van der Waals surface area contributed by atoms with Gasteiger partial charge in [-0.1, -0.05) is 6.07 Å². The number of carbonyl (C=O) groups excluding carboxylic acids is 1. The summed E-state index contributed by atoms with van der Waals surface area (Å²) in [5, 5.41) is 0. The number of rotatable bonds is 6. The molecule has 3 rings (SSSR count). The number of hydrogen-bond acceptors (Lipinski definition) is 5. The third kappa shape index (κ3) is 3.55. The molecule has 122 valence electrons. The maximum atomic E-state index is 11.2. The SMILES string of the molecule is COc1ccc(-c2nc(COc3cccc(C(N)=O)c3)co2)cc1. The molecule has 0 aliphatic carbocycles. The Kier molecular flexibility index (Phi) is 4.47. The average Bonchev–Trinajstić information content (AvgIpc) is 3.09. The summed E-state index contributed by atoms with van der Waals surface area (Å²) >= 11 is 0. The van der Waals surface area contributed by atoms with Crippen LogP contribution in [0.3, 0.4) is 0 Å². The molecule has 24 heavy (non-hydrogen) atoms. The second-order valence-electron chi connectivity index (χ2n) is 5.05. The lowest BCUT2D eigenvalue weighted by Crippen LogP contribution is -2.10. The van der Waals surface area contributed by atoms with Gasteiger partial charge in [-0.05, 0) is 42.5 Å². The lowest BCUT2D eigenvalue weighted by atomic mass is 10.2. The number of benzene rings is 2. The lowest BCUT2D eigenvalue weighted by molar-refractivity contribution is 0.1000.